The summed E-state index contributed by atoms with van der Waals surface area (Å²) in [6, 6.07) is 2.98. The Balaban J connectivity index is 1.81. The quantitative estimate of drug-likeness (QED) is 0.748. The minimum absolute atomic E-state index is 0.814. The number of rotatable bonds is 4. The molecule has 1 aliphatic carbocycles. The van der Waals surface area contributed by atoms with Gasteiger partial charge in [0.1, 0.15) is 0 Å². The van der Waals surface area contributed by atoms with Crippen LogP contribution in [0.2, 0.25) is 0 Å². The molecule has 0 unspecified atom stereocenters. The molecule has 72 valence electrons. The first kappa shape index (κ1) is 8.75. The molecule has 1 saturated carbocycles. The van der Waals surface area contributed by atoms with Crippen molar-refractivity contribution < 1.29 is 0 Å². The van der Waals surface area contributed by atoms with Crippen molar-refractivity contribution in [3.8, 4) is 0 Å². The molecule has 0 radical (unpaired) electrons. The molecule has 0 amide bonds. The molecule has 0 aliphatic heterocycles. The highest BCUT2D eigenvalue weighted by Gasteiger charge is 2.19. The van der Waals surface area contributed by atoms with Crippen molar-refractivity contribution in [2.45, 2.75) is 32.2 Å². The maximum absolute atomic E-state index is 4.31. The van der Waals surface area contributed by atoms with Gasteiger partial charge in [-0.05, 0) is 25.8 Å². The number of aromatic nitrogens is 2. The minimum atomic E-state index is 0.814. The molecular formula is C10H17N3. The van der Waals surface area contributed by atoms with E-state index in [9.17, 15) is 0 Å². The predicted molar refractivity (Wildman–Crippen MR) is 52.7 cm³/mol. The van der Waals surface area contributed by atoms with Gasteiger partial charge in [0.2, 0.25) is 0 Å². The van der Waals surface area contributed by atoms with Crippen LogP contribution in [0.1, 0.15) is 24.2 Å². The zero-order valence-electron chi connectivity index (χ0n) is 8.38. The highest BCUT2D eigenvalue weighted by molar-refractivity contribution is 5.08. The summed E-state index contributed by atoms with van der Waals surface area (Å²) in [6.07, 6.45) is 3.82. The van der Waals surface area contributed by atoms with Gasteiger partial charge in [-0.15, -0.1) is 0 Å². The molecule has 0 aromatic carbocycles. The van der Waals surface area contributed by atoms with E-state index in [1.54, 1.807) is 0 Å². The summed E-state index contributed by atoms with van der Waals surface area (Å²) in [6.45, 7) is 3.13. The first-order valence-corrected chi connectivity index (χ1v) is 4.98. The first-order chi connectivity index (χ1) is 6.25. The fourth-order valence-electron chi connectivity index (χ4n) is 1.59. The van der Waals surface area contributed by atoms with Crippen molar-refractivity contribution in [3.63, 3.8) is 0 Å². The zero-order valence-corrected chi connectivity index (χ0v) is 8.38. The highest BCUT2D eigenvalue weighted by atomic mass is 15.3. The second-order valence-corrected chi connectivity index (χ2v) is 3.88. The van der Waals surface area contributed by atoms with Crippen LogP contribution in [0.3, 0.4) is 0 Å². The summed E-state index contributed by atoms with van der Waals surface area (Å²) in [4.78, 5) is 0. The maximum atomic E-state index is 4.31. The third-order valence-corrected chi connectivity index (χ3v) is 2.49. The molecule has 1 aliphatic rings. The number of nitrogens with zero attached hydrogens (tertiary/aromatic N) is 2. The molecule has 2 rings (SSSR count). The Hall–Kier alpha value is -0.830. The highest BCUT2D eigenvalue weighted by Crippen LogP contribution is 2.18. The topological polar surface area (TPSA) is 29.9 Å². The van der Waals surface area contributed by atoms with E-state index in [1.807, 2.05) is 18.7 Å². The van der Waals surface area contributed by atoms with Crippen molar-refractivity contribution in [2.24, 2.45) is 7.05 Å². The molecule has 13 heavy (non-hydrogen) atoms. The van der Waals surface area contributed by atoms with Crippen molar-refractivity contribution in [1.29, 1.82) is 0 Å². The summed E-state index contributed by atoms with van der Waals surface area (Å²) in [7, 11) is 2.01. The first-order valence-electron chi connectivity index (χ1n) is 4.98. The van der Waals surface area contributed by atoms with E-state index in [2.05, 4.69) is 16.5 Å². The number of hydrogen-bond acceptors (Lipinski definition) is 2. The van der Waals surface area contributed by atoms with Gasteiger partial charge in [-0.2, -0.15) is 5.10 Å². The number of hydrogen-bond donors (Lipinski definition) is 1. The Labute approximate surface area is 79.1 Å². The van der Waals surface area contributed by atoms with E-state index in [1.165, 1.54) is 18.5 Å². The van der Waals surface area contributed by atoms with Crippen molar-refractivity contribution in [1.82, 2.24) is 15.1 Å². The summed E-state index contributed by atoms with van der Waals surface area (Å²) >= 11 is 0. The fraction of sp³-hybridized carbons (Fsp3) is 0.700. The van der Waals surface area contributed by atoms with Gasteiger partial charge >= 0.3 is 0 Å². The third kappa shape index (κ3) is 2.31. The van der Waals surface area contributed by atoms with Gasteiger partial charge < -0.3 is 5.32 Å². The molecule has 0 bridgehead atoms. The predicted octanol–water partition coefficient (Wildman–Crippen LogP) is 1.02. The van der Waals surface area contributed by atoms with E-state index < -0.39 is 0 Å². The summed E-state index contributed by atoms with van der Waals surface area (Å²) < 4.78 is 1.98. The molecule has 1 heterocycles. The average Bonchev–Trinajstić information content (AvgIpc) is 2.81. The van der Waals surface area contributed by atoms with Crippen LogP contribution in [0, 0.1) is 6.92 Å². The standard InChI is InChI=1S/C10H17N3/c1-8-7-10(13(2)12-8)5-6-11-9-3-4-9/h7,9,11H,3-6H2,1-2H3. The van der Waals surface area contributed by atoms with Crippen LogP contribution >= 0.6 is 0 Å². The molecule has 3 heteroatoms. The van der Waals surface area contributed by atoms with Crippen LogP contribution in [0.15, 0.2) is 6.07 Å². The Bertz CT molecular complexity index is 286. The normalized spacial score (nSPS) is 16.5. The molecule has 0 atom stereocenters. The van der Waals surface area contributed by atoms with E-state index in [0.717, 1.165) is 24.7 Å². The van der Waals surface area contributed by atoms with Crippen LogP contribution in [-0.2, 0) is 13.5 Å². The van der Waals surface area contributed by atoms with E-state index in [4.69, 9.17) is 0 Å². The average molecular weight is 179 g/mol. The molecular weight excluding hydrogens is 162 g/mol. The Morgan fingerprint density at radius 3 is 2.92 bits per heavy atom. The van der Waals surface area contributed by atoms with Crippen molar-refractivity contribution in [3.05, 3.63) is 17.5 Å². The second kappa shape index (κ2) is 3.50. The van der Waals surface area contributed by atoms with Crippen molar-refractivity contribution in [2.75, 3.05) is 6.54 Å². The molecule has 3 nitrogen and oxygen atoms in total. The Morgan fingerprint density at radius 2 is 2.38 bits per heavy atom. The third-order valence-electron chi connectivity index (χ3n) is 2.49. The van der Waals surface area contributed by atoms with Crippen LogP contribution in [-0.4, -0.2) is 22.4 Å². The summed E-state index contributed by atoms with van der Waals surface area (Å²) in [5, 5.41) is 7.81. The lowest BCUT2D eigenvalue weighted by Crippen LogP contribution is -2.20. The van der Waals surface area contributed by atoms with Crippen molar-refractivity contribution >= 4 is 0 Å². The Kier molecular flexibility index (Phi) is 2.36. The largest absolute Gasteiger partial charge is 0.314 e. The van der Waals surface area contributed by atoms with E-state index >= 15 is 0 Å². The van der Waals surface area contributed by atoms with Gasteiger partial charge in [-0.1, -0.05) is 0 Å². The number of nitrogens with one attached hydrogen (secondary N) is 1. The molecule has 1 aromatic heterocycles. The molecule has 1 N–H and O–H groups in total. The van der Waals surface area contributed by atoms with Gasteiger partial charge in [0.25, 0.3) is 0 Å². The lowest BCUT2D eigenvalue weighted by atomic mass is 10.3. The maximum Gasteiger partial charge on any atom is 0.0596 e. The van der Waals surface area contributed by atoms with Crippen LogP contribution in [0.4, 0.5) is 0 Å². The van der Waals surface area contributed by atoms with E-state index in [0.29, 0.717) is 0 Å². The molecule has 1 fully saturated rings. The fourth-order valence-corrected chi connectivity index (χ4v) is 1.59. The van der Waals surface area contributed by atoms with Gasteiger partial charge in [-0.25, -0.2) is 0 Å². The zero-order chi connectivity index (χ0) is 9.26. The SMILES string of the molecule is Cc1cc(CCNC2CC2)n(C)n1. The van der Waals surface area contributed by atoms with Gasteiger partial charge in [0.05, 0.1) is 5.69 Å². The molecule has 0 saturated heterocycles. The van der Waals surface area contributed by atoms with Crippen LogP contribution in [0.5, 0.6) is 0 Å². The lowest BCUT2D eigenvalue weighted by molar-refractivity contribution is 0.639. The summed E-state index contributed by atoms with van der Waals surface area (Å²) in [5.74, 6) is 0. The van der Waals surface area contributed by atoms with Crippen LogP contribution in [0.25, 0.3) is 0 Å². The summed E-state index contributed by atoms with van der Waals surface area (Å²) in [5.41, 5.74) is 2.44. The Morgan fingerprint density at radius 1 is 1.62 bits per heavy atom. The molecule has 1 aromatic rings. The van der Waals surface area contributed by atoms with Gasteiger partial charge in [-0.3, -0.25) is 4.68 Å². The molecule has 0 spiro atoms. The number of aryl methyl sites for hydroxylation is 2. The monoisotopic (exact) mass is 179 g/mol. The minimum Gasteiger partial charge on any atom is -0.314 e. The second-order valence-electron chi connectivity index (χ2n) is 3.88. The van der Waals surface area contributed by atoms with E-state index in [-0.39, 0.29) is 0 Å². The van der Waals surface area contributed by atoms with Gasteiger partial charge in [0, 0.05) is 31.7 Å². The lowest BCUT2D eigenvalue weighted by Gasteiger charge is -2.02. The van der Waals surface area contributed by atoms with Gasteiger partial charge in [0.15, 0.2) is 0 Å². The van der Waals surface area contributed by atoms with Crippen LogP contribution < -0.4 is 5.32 Å². The smallest absolute Gasteiger partial charge is 0.0596 e.